The molecule has 0 aliphatic rings. The molecule has 0 aliphatic carbocycles. The minimum atomic E-state index is -0.529. The molecule has 3 rings (SSSR count). The highest BCUT2D eigenvalue weighted by molar-refractivity contribution is 7.08. The minimum Gasteiger partial charge on any atom is -0.495 e. The van der Waals surface area contributed by atoms with Crippen LogP contribution in [-0.4, -0.2) is 35.6 Å². The van der Waals surface area contributed by atoms with Gasteiger partial charge in [0.05, 0.1) is 18.6 Å². The first-order valence-electron chi connectivity index (χ1n) is 7.94. The Bertz CT molecular complexity index is 939. The van der Waals surface area contributed by atoms with Crippen molar-refractivity contribution < 1.29 is 23.6 Å². The highest BCUT2D eigenvalue weighted by atomic mass is 35.5. The number of ether oxygens (including phenoxy) is 2. The number of carbonyl (C=O) groups is 2. The quantitative estimate of drug-likeness (QED) is 0.414. The smallest absolute Gasteiger partial charge is 0.306 e. The van der Waals surface area contributed by atoms with E-state index in [4.69, 9.17) is 25.6 Å². The average Bonchev–Trinajstić information content (AvgIpc) is 3.35. The third kappa shape index (κ3) is 4.93. The number of Topliss-reactive ketones (excluding diaryl/α,β-unsaturated/α-hetero) is 1. The molecule has 0 radical (unpaired) electrons. The zero-order valence-electron chi connectivity index (χ0n) is 14.3. The van der Waals surface area contributed by atoms with E-state index >= 15 is 0 Å². The Morgan fingerprint density at radius 2 is 2.15 bits per heavy atom. The number of halogens is 1. The van der Waals surface area contributed by atoms with Crippen LogP contribution in [-0.2, 0) is 16.0 Å². The molecule has 0 spiro atoms. The van der Waals surface area contributed by atoms with Gasteiger partial charge in [-0.05, 0) is 29.6 Å². The maximum atomic E-state index is 12.1. The summed E-state index contributed by atoms with van der Waals surface area (Å²) in [5.41, 5.74) is 1.20. The molecule has 7 nitrogen and oxygen atoms in total. The lowest BCUT2D eigenvalue weighted by atomic mass is 10.1. The molecular weight excluding hydrogens is 392 g/mol. The van der Waals surface area contributed by atoms with Crippen molar-refractivity contribution in [3.05, 3.63) is 51.5 Å². The number of carbonyl (C=O) groups excluding carboxylic acids is 2. The fraction of sp³-hybridized carbons (Fsp3) is 0.222. The maximum absolute atomic E-state index is 12.1. The van der Waals surface area contributed by atoms with Gasteiger partial charge in [-0.15, -0.1) is 0 Å². The Labute approximate surface area is 163 Å². The Hall–Kier alpha value is -2.71. The molecule has 140 valence electrons. The molecule has 9 heteroatoms. The first-order chi connectivity index (χ1) is 13.1. The Morgan fingerprint density at radius 1 is 1.30 bits per heavy atom. The second-order valence-corrected chi connectivity index (χ2v) is 6.64. The standard InChI is InChI=1S/C18H15ClN2O5S/c1-24-15-3-2-11(8-13(15)19)14(22)9-25-17(23)5-4-16-20-18(21-26-16)12-6-7-27-10-12/h2-3,6-8,10H,4-5,9H2,1H3. The normalized spacial score (nSPS) is 10.6. The van der Waals surface area contributed by atoms with E-state index in [-0.39, 0.29) is 25.2 Å². The molecule has 27 heavy (non-hydrogen) atoms. The van der Waals surface area contributed by atoms with Crippen LogP contribution in [0.4, 0.5) is 0 Å². The molecule has 0 aliphatic heterocycles. The molecule has 0 amide bonds. The molecule has 3 aromatic rings. The fourth-order valence-corrected chi connectivity index (χ4v) is 3.11. The lowest BCUT2D eigenvalue weighted by Gasteiger charge is -2.06. The molecule has 0 saturated heterocycles. The molecule has 0 fully saturated rings. The first-order valence-corrected chi connectivity index (χ1v) is 9.26. The number of methoxy groups -OCH3 is 1. The highest BCUT2D eigenvalue weighted by Gasteiger charge is 2.14. The molecule has 2 heterocycles. The van der Waals surface area contributed by atoms with Crippen molar-refractivity contribution in [1.82, 2.24) is 10.1 Å². The second-order valence-electron chi connectivity index (χ2n) is 5.46. The van der Waals surface area contributed by atoms with Gasteiger partial charge in [-0.3, -0.25) is 9.59 Å². The van der Waals surface area contributed by atoms with Crippen LogP contribution in [0, 0.1) is 0 Å². The molecule has 0 unspecified atom stereocenters. The summed E-state index contributed by atoms with van der Waals surface area (Å²) in [7, 11) is 1.48. The summed E-state index contributed by atoms with van der Waals surface area (Å²) in [5, 5.41) is 7.99. The van der Waals surface area contributed by atoms with E-state index in [2.05, 4.69) is 10.1 Å². The second kappa shape index (κ2) is 8.79. The molecule has 2 aromatic heterocycles. The Balaban J connectivity index is 1.47. The summed E-state index contributed by atoms with van der Waals surface area (Å²) >= 11 is 7.51. The van der Waals surface area contributed by atoms with Crippen LogP contribution in [0.3, 0.4) is 0 Å². The van der Waals surface area contributed by atoms with E-state index in [9.17, 15) is 9.59 Å². The van der Waals surface area contributed by atoms with E-state index in [0.717, 1.165) is 5.56 Å². The van der Waals surface area contributed by atoms with E-state index in [1.54, 1.807) is 12.1 Å². The Kier molecular flexibility index (Phi) is 6.20. The molecule has 0 bridgehead atoms. The van der Waals surface area contributed by atoms with Gasteiger partial charge in [0.1, 0.15) is 5.75 Å². The third-order valence-corrected chi connectivity index (χ3v) is 4.61. The van der Waals surface area contributed by atoms with Crippen molar-refractivity contribution in [2.45, 2.75) is 12.8 Å². The van der Waals surface area contributed by atoms with Crippen molar-refractivity contribution in [3.8, 4) is 17.1 Å². The van der Waals surface area contributed by atoms with Crippen LogP contribution < -0.4 is 4.74 Å². The van der Waals surface area contributed by atoms with Crippen molar-refractivity contribution in [2.75, 3.05) is 13.7 Å². The Morgan fingerprint density at radius 3 is 2.85 bits per heavy atom. The summed E-state index contributed by atoms with van der Waals surface area (Å²) in [6.07, 6.45) is 0.264. The monoisotopic (exact) mass is 406 g/mol. The summed E-state index contributed by atoms with van der Waals surface area (Å²) in [6, 6.07) is 6.49. The van der Waals surface area contributed by atoms with Crippen molar-refractivity contribution in [1.29, 1.82) is 0 Å². The van der Waals surface area contributed by atoms with Gasteiger partial charge in [0.2, 0.25) is 11.7 Å². The minimum absolute atomic E-state index is 0.0297. The number of benzene rings is 1. The number of thiophene rings is 1. The first kappa shape index (κ1) is 19.1. The predicted molar refractivity (Wildman–Crippen MR) is 99.2 cm³/mol. The predicted octanol–water partition coefficient (Wildman–Crippen LogP) is 3.82. The largest absolute Gasteiger partial charge is 0.495 e. The summed E-state index contributed by atoms with van der Waals surface area (Å²) in [5.74, 6) is 0.392. The van der Waals surface area contributed by atoms with Crippen LogP contribution in [0.2, 0.25) is 5.02 Å². The zero-order valence-corrected chi connectivity index (χ0v) is 15.9. The third-order valence-electron chi connectivity index (χ3n) is 3.63. The van der Waals surface area contributed by atoms with Crippen molar-refractivity contribution in [2.24, 2.45) is 0 Å². The number of aryl methyl sites for hydroxylation is 1. The SMILES string of the molecule is COc1ccc(C(=O)COC(=O)CCc2nc(-c3ccsc3)no2)cc1Cl. The van der Waals surface area contributed by atoms with Crippen molar-refractivity contribution in [3.63, 3.8) is 0 Å². The van der Waals surface area contributed by atoms with E-state index in [0.29, 0.717) is 28.1 Å². The van der Waals surface area contributed by atoms with Crippen LogP contribution >= 0.6 is 22.9 Å². The maximum Gasteiger partial charge on any atom is 0.306 e. The lowest BCUT2D eigenvalue weighted by molar-refractivity contribution is -0.142. The average molecular weight is 407 g/mol. The fourth-order valence-electron chi connectivity index (χ4n) is 2.22. The molecule has 0 N–H and O–H groups in total. The molecule has 0 saturated carbocycles. The molecule has 0 atom stereocenters. The highest BCUT2D eigenvalue weighted by Crippen LogP contribution is 2.25. The number of hydrogen-bond acceptors (Lipinski definition) is 8. The van der Waals surface area contributed by atoms with Crippen LogP contribution in [0.25, 0.3) is 11.4 Å². The van der Waals surface area contributed by atoms with Gasteiger partial charge in [-0.25, -0.2) is 0 Å². The summed E-state index contributed by atoms with van der Waals surface area (Å²) < 4.78 is 15.1. The van der Waals surface area contributed by atoms with Crippen LogP contribution in [0.15, 0.2) is 39.5 Å². The van der Waals surface area contributed by atoms with Gasteiger partial charge in [-0.2, -0.15) is 16.3 Å². The number of hydrogen-bond donors (Lipinski definition) is 0. The van der Waals surface area contributed by atoms with E-state index in [1.165, 1.54) is 24.5 Å². The van der Waals surface area contributed by atoms with Crippen molar-refractivity contribution >= 4 is 34.7 Å². The topological polar surface area (TPSA) is 91.5 Å². The number of nitrogens with zero attached hydrogens (tertiary/aromatic N) is 2. The van der Waals surface area contributed by atoms with Gasteiger partial charge in [0, 0.05) is 22.9 Å². The number of aromatic nitrogens is 2. The molecular formula is C18H15ClN2O5S. The van der Waals surface area contributed by atoms with Crippen LogP contribution in [0.1, 0.15) is 22.7 Å². The van der Waals surface area contributed by atoms with Gasteiger partial charge < -0.3 is 14.0 Å². The number of esters is 1. The lowest BCUT2D eigenvalue weighted by Crippen LogP contribution is -2.14. The molecule has 1 aromatic carbocycles. The summed E-state index contributed by atoms with van der Waals surface area (Å²) in [4.78, 5) is 28.2. The number of ketones is 1. The zero-order chi connectivity index (χ0) is 19.2. The van der Waals surface area contributed by atoms with Gasteiger partial charge >= 0.3 is 5.97 Å². The van der Waals surface area contributed by atoms with E-state index < -0.39 is 5.97 Å². The van der Waals surface area contributed by atoms with Gasteiger partial charge in [0.25, 0.3) is 0 Å². The van der Waals surface area contributed by atoms with Gasteiger partial charge in [0.15, 0.2) is 12.4 Å². The number of rotatable bonds is 8. The van der Waals surface area contributed by atoms with Gasteiger partial charge in [-0.1, -0.05) is 16.8 Å². The summed E-state index contributed by atoms with van der Waals surface area (Å²) in [6.45, 7) is -0.370. The van der Waals surface area contributed by atoms with E-state index in [1.807, 2.05) is 16.8 Å². The van der Waals surface area contributed by atoms with Crippen LogP contribution in [0.5, 0.6) is 5.75 Å².